The lowest BCUT2D eigenvalue weighted by Gasteiger charge is -2.31. The van der Waals surface area contributed by atoms with E-state index in [1.807, 2.05) is 36.2 Å². The Morgan fingerprint density at radius 1 is 1.21 bits per heavy atom. The zero-order valence-corrected chi connectivity index (χ0v) is 16.1. The number of rotatable bonds is 5. The highest BCUT2D eigenvalue weighted by atomic mass is 32.2. The molecule has 0 bridgehead atoms. The number of ether oxygens (including phenoxy) is 1. The SMILES string of the molecule is CN1CC2=CC(=O)C=CC2=NC1COc1ccc(CC2SC(=O)NC2=O)cc1. The van der Waals surface area contributed by atoms with Crippen molar-refractivity contribution < 1.29 is 19.1 Å². The summed E-state index contributed by atoms with van der Waals surface area (Å²) in [7, 11) is 1.95. The predicted octanol–water partition coefficient (Wildman–Crippen LogP) is 1.74. The van der Waals surface area contributed by atoms with Crippen LogP contribution in [-0.2, 0) is 16.0 Å². The summed E-state index contributed by atoms with van der Waals surface area (Å²) in [5.41, 5.74) is 2.74. The van der Waals surface area contributed by atoms with Crippen molar-refractivity contribution in [3.8, 4) is 5.75 Å². The summed E-state index contributed by atoms with van der Waals surface area (Å²) >= 11 is 1.03. The molecule has 28 heavy (non-hydrogen) atoms. The van der Waals surface area contributed by atoms with Gasteiger partial charge in [0.1, 0.15) is 18.5 Å². The van der Waals surface area contributed by atoms with Crippen molar-refractivity contribution in [2.24, 2.45) is 4.99 Å². The molecule has 2 heterocycles. The minimum absolute atomic E-state index is 0.00464. The van der Waals surface area contributed by atoms with E-state index in [2.05, 4.69) is 10.3 Å². The van der Waals surface area contributed by atoms with Gasteiger partial charge in [0.05, 0.1) is 11.0 Å². The highest BCUT2D eigenvalue weighted by Crippen LogP contribution is 2.24. The van der Waals surface area contributed by atoms with Crippen molar-refractivity contribution in [1.29, 1.82) is 0 Å². The van der Waals surface area contributed by atoms with Crippen LogP contribution < -0.4 is 10.1 Å². The molecule has 3 aliphatic rings. The van der Waals surface area contributed by atoms with Crippen LogP contribution in [-0.4, -0.2) is 59.2 Å². The van der Waals surface area contributed by atoms with Crippen molar-refractivity contribution in [3.05, 3.63) is 53.6 Å². The molecule has 0 spiro atoms. The fourth-order valence-corrected chi connectivity index (χ4v) is 4.11. The Balaban J connectivity index is 1.35. The van der Waals surface area contributed by atoms with Crippen molar-refractivity contribution >= 4 is 34.4 Å². The number of allylic oxidation sites excluding steroid dienone is 3. The fraction of sp³-hybridized carbons (Fsp3) is 0.300. The zero-order chi connectivity index (χ0) is 19.7. The van der Waals surface area contributed by atoms with Crippen molar-refractivity contribution in [2.75, 3.05) is 20.2 Å². The topological polar surface area (TPSA) is 88.1 Å². The summed E-state index contributed by atoms with van der Waals surface area (Å²) < 4.78 is 5.88. The van der Waals surface area contributed by atoms with Crippen molar-refractivity contribution in [3.63, 3.8) is 0 Å². The van der Waals surface area contributed by atoms with E-state index in [1.54, 1.807) is 12.2 Å². The number of thioether (sulfide) groups is 1. The van der Waals surface area contributed by atoms with Gasteiger partial charge < -0.3 is 4.74 Å². The van der Waals surface area contributed by atoms with E-state index in [0.29, 0.717) is 25.3 Å². The lowest BCUT2D eigenvalue weighted by Crippen LogP contribution is -2.42. The van der Waals surface area contributed by atoms with E-state index >= 15 is 0 Å². The monoisotopic (exact) mass is 397 g/mol. The quantitative estimate of drug-likeness (QED) is 0.762. The maximum Gasteiger partial charge on any atom is 0.286 e. The summed E-state index contributed by atoms with van der Waals surface area (Å²) in [6.07, 6.45) is 5.28. The second-order valence-corrected chi connectivity index (χ2v) is 8.03. The van der Waals surface area contributed by atoms with Crippen LogP contribution in [0.5, 0.6) is 5.75 Å². The number of carbonyl (C=O) groups is 3. The lowest BCUT2D eigenvalue weighted by atomic mass is 10.0. The molecule has 7 nitrogen and oxygen atoms in total. The zero-order valence-electron chi connectivity index (χ0n) is 15.3. The Labute approximate surface area is 166 Å². The van der Waals surface area contributed by atoms with Gasteiger partial charge in [-0.25, -0.2) is 0 Å². The number of nitrogens with one attached hydrogen (secondary N) is 1. The van der Waals surface area contributed by atoms with E-state index in [-0.39, 0.29) is 28.3 Å². The number of nitrogens with zero attached hydrogens (tertiary/aromatic N) is 2. The van der Waals surface area contributed by atoms with Gasteiger partial charge in [-0.1, -0.05) is 23.9 Å². The molecule has 1 N–H and O–H groups in total. The highest BCUT2D eigenvalue weighted by molar-refractivity contribution is 8.15. The number of fused-ring (bicyclic) bond motifs is 1. The number of ketones is 1. The van der Waals surface area contributed by atoms with Gasteiger partial charge in [-0.15, -0.1) is 0 Å². The first kappa shape index (κ1) is 18.6. The second-order valence-electron chi connectivity index (χ2n) is 6.86. The number of carbonyl (C=O) groups excluding carboxylic acids is 3. The Kier molecular flexibility index (Phi) is 5.15. The normalized spacial score (nSPS) is 24.5. The molecule has 144 valence electrons. The van der Waals surface area contributed by atoms with Crippen LogP contribution in [0.4, 0.5) is 4.79 Å². The molecule has 1 saturated heterocycles. The smallest absolute Gasteiger partial charge is 0.286 e. The number of hydrogen-bond acceptors (Lipinski definition) is 7. The van der Waals surface area contributed by atoms with E-state index in [0.717, 1.165) is 28.6 Å². The van der Waals surface area contributed by atoms with E-state index < -0.39 is 0 Å². The number of imide groups is 1. The lowest BCUT2D eigenvalue weighted by molar-refractivity contribution is -0.119. The van der Waals surface area contributed by atoms with Gasteiger partial charge in [-0.05, 0) is 55.0 Å². The molecule has 2 unspecified atom stereocenters. The molecule has 1 aromatic rings. The summed E-state index contributed by atoms with van der Waals surface area (Å²) in [5.74, 6) is 0.476. The highest BCUT2D eigenvalue weighted by Gasteiger charge is 2.31. The maximum absolute atomic E-state index is 11.7. The van der Waals surface area contributed by atoms with Gasteiger partial charge in [0.15, 0.2) is 5.78 Å². The minimum Gasteiger partial charge on any atom is -0.490 e. The average molecular weight is 397 g/mol. The Bertz CT molecular complexity index is 920. The van der Waals surface area contributed by atoms with Gasteiger partial charge in [-0.2, -0.15) is 0 Å². The predicted molar refractivity (Wildman–Crippen MR) is 107 cm³/mol. The van der Waals surface area contributed by atoms with Crippen LogP contribution in [0.25, 0.3) is 0 Å². The maximum atomic E-state index is 11.7. The number of hydrogen-bond donors (Lipinski definition) is 1. The molecule has 0 aromatic heterocycles. The molecular weight excluding hydrogens is 378 g/mol. The average Bonchev–Trinajstić information content (AvgIpc) is 2.98. The van der Waals surface area contributed by atoms with Crippen LogP contribution >= 0.6 is 11.8 Å². The van der Waals surface area contributed by atoms with Gasteiger partial charge in [0.2, 0.25) is 5.91 Å². The second kappa shape index (κ2) is 7.73. The molecular formula is C20H19N3O4S. The van der Waals surface area contributed by atoms with Crippen LogP contribution in [0.15, 0.2) is 53.1 Å². The standard InChI is InChI=1S/C20H19N3O4S/c1-23-10-13-9-14(24)4-7-16(13)21-18(23)11-27-15-5-2-12(3-6-15)8-17-19(25)22-20(26)28-17/h2-7,9,17-18H,8,10-11H2,1H3,(H,22,25,26). The molecule has 1 fully saturated rings. The molecule has 1 aliphatic carbocycles. The first-order valence-corrected chi connectivity index (χ1v) is 9.80. The molecule has 0 radical (unpaired) electrons. The van der Waals surface area contributed by atoms with Crippen LogP contribution in [0.3, 0.4) is 0 Å². The van der Waals surface area contributed by atoms with Crippen LogP contribution in [0.1, 0.15) is 5.56 Å². The molecule has 0 saturated carbocycles. The summed E-state index contributed by atoms with van der Waals surface area (Å²) in [6.45, 7) is 1.05. The summed E-state index contributed by atoms with van der Waals surface area (Å²) in [4.78, 5) is 41.1. The van der Waals surface area contributed by atoms with E-state index in [1.165, 1.54) is 6.08 Å². The fourth-order valence-electron chi connectivity index (χ4n) is 3.25. The number of benzene rings is 1. The number of amides is 2. The van der Waals surface area contributed by atoms with Crippen molar-refractivity contribution in [2.45, 2.75) is 17.8 Å². The first-order valence-electron chi connectivity index (χ1n) is 8.92. The molecule has 2 aliphatic heterocycles. The Morgan fingerprint density at radius 3 is 2.71 bits per heavy atom. The first-order chi connectivity index (χ1) is 13.5. The largest absolute Gasteiger partial charge is 0.490 e. The third-order valence-electron chi connectivity index (χ3n) is 4.78. The van der Waals surface area contributed by atoms with E-state index in [4.69, 9.17) is 4.74 Å². The molecule has 8 heteroatoms. The number of aliphatic imine (C=N–C) groups is 1. The van der Waals surface area contributed by atoms with Crippen LogP contribution in [0, 0.1) is 0 Å². The molecule has 2 amide bonds. The molecule has 1 aromatic carbocycles. The van der Waals surface area contributed by atoms with Gasteiger partial charge in [0, 0.05) is 6.54 Å². The van der Waals surface area contributed by atoms with Gasteiger partial charge in [-0.3, -0.25) is 29.6 Å². The van der Waals surface area contributed by atoms with Gasteiger partial charge >= 0.3 is 0 Å². The van der Waals surface area contributed by atoms with Gasteiger partial charge in [0.25, 0.3) is 5.24 Å². The summed E-state index contributed by atoms with van der Waals surface area (Å²) in [5, 5.41) is 1.64. The Hall–Kier alpha value is -2.71. The van der Waals surface area contributed by atoms with Crippen molar-refractivity contribution in [1.82, 2.24) is 10.2 Å². The number of likely N-dealkylation sites (N-methyl/N-ethyl adjacent to an activating group) is 1. The third-order valence-corrected chi connectivity index (χ3v) is 5.76. The van der Waals surface area contributed by atoms with E-state index in [9.17, 15) is 14.4 Å². The Morgan fingerprint density at radius 2 is 2.00 bits per heavy atom. The third kappa shape index (κ3) is 4.07. The minimum atomic E-state index is -0.372. The molecule has 4 rings (SSSR count). The molecule has 2 atom stereocenters. The van der Waals surface area contributed by atoms with Crippen LogP contribution in [0.2, 0.25) is 0 Å². The summed E-state index contributed by atoms with van der Waals surface area (Å²) in [6, 6.07) is 7.52.